The summed E-state index contributed by atoms with van der Waals surface area (Å²) in [6.07, 6.45) is -4.67. The summed E-state index contributed by atoms with van der Waals surface area (Å²) in [7, 11) is 0. The topological polar surface area (TPSA) is 84.3 Å². The first kappa shape index (κ1) is 16.7. The molecule has 0 bridgehead atoms. The normalized spacial score (nSPS) is 12.6. The van der Waals surface area contributed by atoms with Gasteiger partial charge in [0.2, 0.25) is 5.91 Å². The first-order valence-electron chi connectivity index (χ1n) is 6.06. The van der Waals surface area contributed by atoms with Crippen molar-refractivity contribution in [2.75, 3.05) is 11.9 Å². The molecular formula is C12H14F3N3O3. The van der Waals surface area contributed by atoms with Crippen molar-refractivity contribution in [3.05, 3.63) is 33.9 Å². The van der Waals surface area contributed by atoms with Gasteiger partial charge in [0.15, 0.2) is 0 Å². The molecule has 0 aliphatic rings. The molecule has 0 aromatic heterocycles. The van der Waals surface area contributed by atoms with Crippen LogP contribution in [0, 0.1) is 10.1 Å². The highest BCUT2D eigenvalue weighted by atomic mass is 19.4. The molecule has 1 rings (SSSR count). The highest BCUT2D eigenvalue weighted by molar-refractivity contribution is 5.85. The van der Waals surface area contributed by atoms with Crippen molar-refractivity contribution >= 4 is 17.3 Å². The second-order valence-electron chi connectivity index (χ2n) is 4.25. The van der Waals surface area contributed by atoms with Gasteiger partial charge in [-0.2, -0.15) is 13.2 Å². The molecule has 1 unspecified atom stereocenters. The molecule has 0 aliphatic carbocycles. The fraction of sp³-hybridized carbons (Fsp3) is 0.417. The Morgan fingerprint density at radius 1 is 1.43 bits per heavy atom. The Balaban J connectivity index is 3.08. The Hall–Kier alpha value is -2.32. The van der Waals surface area contributed by atoms with Crippen LogP contribution in [-0.4, -0.2) is 23.4 Å². The number of rotatable bonds is 5. The number of likely N-dealkylation sites (N-methyl/N-ethyl adjacent to an activating group) is 1. The smallest absolute Gasteiger partial charge is 0.368 e. The number of carbonyl (C=O) groups is 1. The zero-order valence-electron chi connectivity index (χ0n) is 11.3. The Labute approximate surface area is 118 Å². The van der Waals surface area contributed by atoms with Gasteiger partial charge in [-0.25, -0.2) is 0 Å². The van der Waals surface area contributed by atoms with Crippen molar-refractivity contribution in [1.82, 2.24) is 5.32 Å². The second kappa shape index (κ2) is 6.42. The highest BCUT2D eigenvalue weighted by Crippen LogP contribution is 2.35. The van der Waals surface area contributed by atoms with E-state index in [9.17, 15) is 28.1 Å². The van der Waals surface area contributed by atoms with E-state index in [0.717, 1.165) is 12.1 Å². The average Bonchev–Trinajstić information content (AvgIpc) is 2.37. The summed E-state index contributed by atoms with van der Waals surface area (Å²) < 4.78 is 37.6. The van der Waals surface area contributed by atoms with E-state index in [1.165, 1.54) is 6.92 Å². The minimum absolute atomic E-state index is 0.147. The number of nitro groups is 1. The Kier molecular flexibility index (Phi) is 5.12. The first-order valence-corrected chi connectivity index (χ1v) is 6.06. The van der Waals surface area contributed by atoms with Crippen LogP contribution in [0.2, 0.25) is 0 Å². The number of nitrogens with one attached hydrogen (secondary N) is 2. The van der Waals surface area contributed by atoms with E-state index in [2.05, 4.69) is 10.6 Å². The van der Waals surface area contributed by atoms with E-state index in [1.54, 1.807) is 6.92 Å². The number of alkyl halides is 3. The lowest BCUT2D eigenvalue weighted by molar-refractivity contribution is -0.384. The molecule has 116 valence electrons. The van der Waals surface area contributed by atoms with Crippen LogP contribution in [0.4, 0.5) is 24.5 Å². The number of amides is 1. The molecule has 6 nitrogen and oxygen atoms in total. The standard InChI is InChI=1S/C12H14F3N3O3/c1-3-16-11(19)7(2)17-9-5-4-8(12(13,14)15)6-10(9)18(20)21/h4-7,17H,3H2,1-2H3,(H,16,19). The molecule has 0 radical (unpaired) electrons. The summed E-state index contributed by atoms with van der Waals surface area (Å²) >= 11 is 0. The molecular weight excluding hydrogens is 291 g/mol. The number of halogens is 3. The first-order chi connectivity index (χ1) is 9.66. The van der Waals surface area contributed by atoms with Crippen LogP contribution in [0.15, 0.2) is 18.2 Å². The zero-order chi connectivity index (χ0) is 16.2. The fourth-order valence-corrected chi connectivity index (χ4v) is 1.61. The number of nitrogens with zero attached hydrogens (tertiary/aromatic N) is 1. The number of benzene rings is 1. The number of carbonyl (C=O) groups excluding carboxylic acids is 1. The largest absolute Gasteiger partial charge is 0.416 e. The van der Waals surface area contributed by atoms with Gasteiger partial charge in [0, 0.05) is 12.6 Å². The minimum Gasteiger partial charge on any atom is -0.368 e. The van der Waals surface area contributed by atoms with Crippen molar-refractivity contribution in [2.45, 2.75) is 26.1 Å². The summed E-state index contributed by atoms with van der Waals surface area (Å²) in [5, 5.41) is 15.9. The Morgan fingerprint density at radius 2 is 2.05 bits per heavy atom. The van der Waals surface area contributed by atoms with Crippen LogP contribution in [0.3, 0.4) is 0 Å². The van der Waals surface area contributed by atoms with Crippen molar-refractivity contribution < 1.29 is 22.9 Å². The van der Waals surface area contributed by atoms with E-state index in [0.29, 0.717) is 12.6 Å². The Morgan fingerprint density at radius 3 is 2.52 bits per heavy atom. The molecule has 21 heavy (non-hydrogen) atoms. The second-order valence-corrected chi connectivity index (χ2v) is 4.25. The maximum atomic E-state index is 12.5. The number of anilines is 1. The van der Waals surface area contributed by atoms with Gasteiger partial charge in [-0.3, -0.25) is 14.9 Å². The average molecular weight is 305 g/mol. The lowest BCUT2D eigenvalue weighted by Gasteiger charge is -2.15. The molecule has 1 aromatic carbocycles. The third kappa shape index (κ3) is 4.33. The van der Waals surface area contributed by atoms with Crippen molar-refractivity contribution in [2.24, 2.45) is 0 Å². The quantitative estimate of drug-likeness (QED) is 0.647. The van der Waals surface area contributed by atoms with Crippen LogP contribution < -0.4 is 10.6 Å². The van der Waals surface area contributed by atoms with Gasteiger partial charge in [-0.05, 0) is 26.0 Å². The number of hydrogen-bond acceptors (Lipinski definition) is 4. The molecule has 0 aliphatic heterocycles. The minimum atomic E-state index is -4.67. The van der Waals surface area contributed by atoms with E-state index < -0.39 is 34.3 Å². The SMILES string of the molecule is CCNC(=O)C(C)Nc1ccc(C(F)(F)F)cc1[N+](=O)[O-]. The van der Waals surface area contributed by atoms with E-state index in [4.69, 9.17) is 0 Å². The van der Waals surface area contributed by atoms with Gasteiger partial charge in [0.1, 0.15) is 11.7 Å². The molecule has 0 fully saturated rings. The summed E-state index contributed by atoms with van der Waals surface area (Å²) in [6, 6.07) is 1.28. The monoisotopic (exact) mass is 305 g/mol. The molecule has 0 spiro atoms. The van der Waals surface area contributed by atoms with Gasteiger partial charge in [-0.1, -0.05) is 0 Å². The zero-order valence-corrected chi connectivity index (χ0v) is 11.3. The lowest BCUT2D eigenvalue weighted by atomic mass is 10.1. The van der Waals surface area contributed by atoms with Gasteiger partial charge >= 0.3 is 6.18 Å². The summed E-state index contributed by atoms with van der Waals surface area (Å²) in [5.74, 6) is -0.410. The maximum Gasteiger partial charge on any atom is 0.416 e. The predicted molar refractivity (Wildman–Crippen MR) is 69.9 cm³/mol. The summed E-state index contributed by atoms with van der Waals surface area (Å²) in [4.78, 5) is 21.5. The molecule has 0 heterocycles. The van der Waals surface area contributed by atoms with Gasteiger partial charge in [0.25, 0.3) is 5.69 Å². The van der Waals surface area contributed by atoms with E-state index in [-0.39, 0.29) is 5.69 Å². The predicted octanol–water partition coefficient (Wildman–Crippen LogP) is 2.55. The van der Waals surface area contributed by atoms with Gasteiger partial charge < -0.3 is 10.6 Å². The third-order valence-corrected chi connectivity index (χ3v) is 2.64. The van der Waals surface area contributed by atoms with Gasteiger partial charge in [0.05, 0.1) is 10.5 Å². The highest BCUT2D eigenvalue weighted by Gasteiger charge is 2.33. The van der Waals surface area contributed by atoms with Crippen molar-refractivity contribution in [3.8, 4) is 0 Å². The van der Waals surface area contributed by atoms with Crippen LogP contribution in [-0.2, 0) is 11.0 Å². The molecule has 0 saturated heterocycles. The molecule has 2 N–H and O–H groups in total. The fourth-order valence-electron chi connectivity index (χ4n) is 1.61. The van der Waals surface area contributed by atoms with Crippen LogP contribution in [0.25, 0.3) is 0 Å². The van der Waals surface area contributed by atoms with Crippen molar-refractivity contribution in [1.29, 1.82) is 0 Å². The molecule has 9 heteroatoms. The van der Waals surface area contributed by atoms with Crippen LogP contribution in [0.5, 0.6) is 0 Å². The maximum absolute atomic E-state index is 12.5. The molecule has 1 aromatic rings. The van der Waals surface area contributed by atoms with Crippen molar-refractivity contribution in [3.63, 3.8) is 0 Å². The summed E-state index contributed by atoms with van der Waals surface area (Å²) in [6.45, 7) is 3.53. The van der Waals surface area contributed by atoms with Crippen LogP contribution >= 0.6 is 0 Å². The van der Waals surface area contributed by atoms with E-state index in [1.807, 2.05) is 0 Å². The van der Waals surface area contributed by atoms with Crippen LogP contribution in [0.1, 0.15) is 19.4 Å². The Bertz CT molecular complexity index is 546. The van der Waals surface area contributed by atoms with Gasteiger partial charge in [-0.15, -0.1) is 0 Å². The molecule has 0 saturated carbocycles. The van der Waals surface area contributed by atoms with E-state index >= 15 is 0 Å². The number of nitro benzene ring substituents is 1. The third-order valence-electron chi connectivity index (χ3n) is 2.64. The molecule has 1 amide bonds. The molecule has 1 atom stereocenters. The summed E-state index contributed by atoms with van der Waals surface area (Å²) in [5.41, 5.74) is -2.00. The lowest BCUT2D eigenvalue weighted by Crippen LogP contribution is -2.37. The number of hydrogen-bond donors (Lipinski definition) is 2.